The number of benzene rings is 1. The lowest BCUT2D eigenvalue weighted by atomic mass is 9.90. The van der Waals surface area contributed by atoms with Crippen molar-refractivity contribution in [2.24, 2.45) is 5.73 Å². The molecular weight excluding hydrogens is 262 g/mol. The molecule has 0 saturated heterocycles. The first-order chi connectivity index (χ1) is 8.36. The smallest absolute Gasteiger partial charge is 0.281 e. The van der Waals surface area contributed by atoms with Gasteiger partial charge in [-0.05, 0) is 6.07 Å². The Morgan fingerprint density at radius 1 is 1.11 bits per heavy atom. The van der Waals surface area contributed by atoms with E-state index in [-0.39, 0.29) is 11.3 Å². The Hall–Kier alpha value is -2.41. The fraction of sp³-hybridized carbons (Fsp3) is 0. The normalized spacial score (nSPS) is 14.7. The summed E-state index contributed by atoms with van der Waals surface area (Å²) in [5, 5.41) is 10.4. The van der Waals surface area contributed by atoms with Crippen LogP contribution in [0.2, 0.25) is 0 Å². The van der Waals surface area contributed by atoms with Crippen LogP contribution in [0.25, 0.3) is 0 Å². The van der Waals surface area contributed by atoms with Crippen molar-refractivity contribution in [3.05, 3.63) is 44.1 Å². The van der Waals surface area contributed by atoms with Gasteiger partial charge in [0.25, 0.3) is 5.69 Å². The van der Waals surface area contributed by atoms with E-state index in [1.165, 1.54) is 6.07 Å². The maximum absolute atomic E-state index is 11.9. The van der Waals surface area contributed by atoms with Crippen LogP contribution in [-0.4, -0.2) is 16.5 Å². The summed E-state index contributed by atoms with van der Waals surface area (Å²) in [5.74, 6) is -1.65. The number of nitrogens with two attached hydrogens (primary N) is 2. The number of halogens is 1. The molecule has 18 heavy (non-hydrogen) atoms. The number of nitrogens with zero attached hydrogens (tertiary/aromatic N) is 1. The van der Waals surface area contributed by atoms with Crippen LogP contribution in [0, 0.1) is 10.1 Å². The third-order valence-electron chi connectivity index (χ3n) is 2.55. The predicted octanol–water partition coefficient (Wildman–Crippen LogP) is 0.965. The van der Waals surface area contributed by atoms with Gasteiger partial charge in [0.1, 0.15) is 16.3 Å². The molecule has 0 aromatic heterocycles. The van der Waals surface area contributed by atoms with Gasteiger partial charge in [-0.2, -0.15) is 0 Å². The second-order valence-electron chi connectivity index (χ2n) is 3.57. The Labute approximate surface area is 105 Å². The molecule has 1 aromatic carbocycles. The van der Waals surface area contributed by atoms with Crippen molar-refractivity contribution in [1.29, 1.82) is 0 Å². The Bertz CT molecular complexity index is 651. The minimum absolute atomic E-state index is 0.0559. The number of carbonyl (C=O) groups is 2. The van der Waals surface area contributed by atoms with Crippen LogP contribution in [-0.2, 0) is 0 Å². The van der Waals surface area contributed by atoms with E-state index >= 15 is 0 Å². The van der Waals surface area contributed by atoms with Crippen LogP contribution in [0.1, 0.15) is 20.7 Å². The van der Waals surface area contributed by atoms with Crippen LogP contribution in [0.4, 0.5) is 11.4 Å². The molecule has 92 valence electrons. The van der Waals surface area contributed by atoms with Gasteiger partial charge in [0, 0.05) is 11.8 Å². The van der Waals surface area contributed by atoms with E-state index in [1.54, 1.807) is 0 Å². The zero-order valence-corrected chi connectivity index (χ0v) is 9.52. The number of Topliss-reactive ketones (excluding diaryl/α,β-unsaturated/α-hetero) is 2. The molecule has 1 aliphatic carbocycles. The van der Waals surface area contributed by atoms with Crippen molar-refractivity contribution < 1.29 is 14.5 Å². The van der Waals surface area contributed by atoms with Crippen LogP contribution in [0.3, 0.4) is 0 Å². The van der Waals surface area contributed by atoms with Crippen molar-refractivity contribution >= 4 is 34.5 Å². The summed E-state index contributed by atoms with van der Waals surface area (Å²) in [4.78, 5) is 33.8. The molecule has 0 fully saturated rings. The minimum Gasteiger partial charge on any atom is -0.398 e. The van der Waals surface area contributed by atoms with Gasteiger partial charge in [-0.3, -0.25) is 19.7 Å². The number of allylic oxidation sites excluding steroid dienone is 2. The third kappa shape index (κ3) is 1.45. The van der Waals surface area contributed by atoms with Gasteiger partial charge >= 0.3 is 0 Å². The third-order valence-corrected chi connectivity index (χ3v) is 2.92. The number of hydrogen-bond donors (Lipinski definition) is 2. The topological polar surface area (TPSA) is 129 Å². The minimum atomic E-state index is -0.867. The first-order valence-electron chi connectivity index (χ1n) is 4.67. The van der Waals surface area contributed by atoms with Gasteiger partial charge in [0.05, 0.1) is 10.5 Å². The molecule has 0 bridgehead atoms. The summed E-state index contributed by atoms with van der Waals surface area (Å²) < 4.78 is 0. The Balaban J connectivity index is 2.89. The second-order valence-corrected chi connectivity index (χ2v) is 3.94. The summed E-state index contributed by atoms with van der Waals surface area (Å²) in [7, 11) is 0. The highest BCUT2D eigenvalue weighted by molar-refractivity contribution is 6.50. The van der Waals surface area contributed by atoms with Gasteiger partial charge in [-0.1, -0.05) is 11.6 Å². The first-order valence-corrected chi connectivity index (χ1v) is 5.05. The van der Waals surface area contributed by atoms with Crippen molar-refractivity contribution in [2.45, 2.75) is 0 Å². The molecule has 1 aromatic rings. The van der Waals surface area contributed by atoms with Crippen molar-refractivity contribution in [1.82, 2.24) is 0 Å². The van der Waals surface area contributed by atoms with Crippen molar-refractivity contribution in [2.75, 3.05) is 5.73 Å². The lowest BCUT2D eigenvalue weighted by Crippen LogP contribution is -2.26. The van der Waals surface area contributed by atoms with E-state index in [0.717, 1.165) is 6.07 Å². The Morgan fingerprint density at radius 3 is 2.28 bits per heavy atom. The molecule has 0 saturated carbocycles. The fourth-order valence-corrected chi connectivity index (χ4v) is 1.88. The average Bonchev–Trinajstić information content (AvgIpc) is 2.32. The zero-order valence-electron chi connectivity index (χ0n) is 8.77. The molecule has 0 unspecified atom stereocenters. The molecule has 0 spiro atoms. The summed E-state index contributed by atoms with van der Waals surface area (Å²) >= 11 is 5.60. The van der Waals surface area contributed by atoms with Gasteiger partial charge < -0.3 is 11.5 Å². The molecule has 0 amide bonds. The van der Waals surface area contributed by atoms with Gasteiger partial charge in [-0.25, -0.2) is 0 Å². The standard InChI is InChI=1S/C10H6ClN3O4/c11-7-8(13)10(16)6-4(14(17)18)2-1-3(12)5(6)9(7)15/h1-2H,12-13H2. The maximum Gasteiger partial charge on any atom is 0.281 e. The van der Waals surface area contributed by atoms with E-state index in [1.807, 2.05) is 0 Å². The van der Waals surface area contributed by atoms with E-state index in [9.17, 15) is 19.7 Å². The lowest BCUT2D eigenvalue weighted by molar-refractivity contribution is -0.385. The molecule has 0 atom stereocenters. The van der Waals surface area contributed by atoms with Crippen LogP contribution in [0.5, 0.6) is 0 Å². The average molecular weight is 268 g/mol. The highest BCUT2D eigenvalue weighted by atomic mass is 35.5. The number of carbonyl (C=O) groups excluding carboxylic acids is 2. The number of rotatable bonds is 1. The van der Waals surface area contributed by atoms with Gasteiger partial charge in [-0.15, -0.1) is 0 Å². The number of nitrogen functional groups attached to an aromatic ring is 1. The Kier molecular flexibility index (Phi) is 2.55. The predicted molar refractivity (Wildman–Crippen MR) is 63.2 cm³/mol. The van der Waals surface area contributed by atoms with Crippen molar-refractivity contribution in [3.8, 4) is 0 Å². The number of nitro benzene ring substituents is 1. The highest BCUT2D eigenvalue weighted by Crippen LogP contribution is 2.35. The second kappa shape index (κ2) is 3.81. The van der Waals surface area contributed by atoms with E-state index in [0.29, 0.717) is 0 Å². The number of ketones is 2. The SMILES string of the molecule is NC1=C(Cl)C(=O)c2c(N)ccc([N+](=O)[O-])c2C1=O. The summed E-state index contributed by atoms with van der Waals surface area (Å²) in [6.45, 7) is 0. The molecule has 8 heteroatoms. The monoisotopic (exact) mass is 267 g/mol. The van der Waals surface area contributed by atoms with Crippen LogP contribution >= 0.6 is 11.6 Å². The molecule has 0 heterocycles. The largest absolute Gasteiger partial charge is 0.398 e. The van der Waals surface area contributed by atoms with Gasteiger partial charge in [0.2, 0.25) is 11.6 Å². The summed E-state index contributed by atoms with van der Waals surface area (Å²) in [5.41, 5.74) is 9.14. The van der Waals surface area contributed by atoms with E-state index in [2.05, 4.69) is 0 Å². The fourth-order valence-electron chi connectivity index (χ4n) is 1.70. The van der Waals surface area contributed by atoms with E-state index < -0.39 is 38.5 Å². The van der Waals surface area contributed by atoms with Crippen molar-refractivity contribution in [3.63, 3.8) is 0 Å². The van der Waals surface area contributed by atoms with Crippen LogP contribution < -0.4 is 11.5 Å². The lowest BCUT2D eigenvalue weighted by Gasteiger charge is -2.16. The number of anilines is 1. The molecule has 7 nitrogen and oxygen atoms in total. The molecule has 2 rings (SSSR count). The van der Waals surface area contributed by atoms with Crippen LogP contribution in [0.15, 0.2) is 22.9 Å². The highest BCUT2D eigenvalue weighted by Gasteiger charge is 2.37. The summed E-state index contributed by atoms with van der Waals surface area (Å²) in [6, 6.07) is 2.22. The van der Waals surface area contributed by atoms with Gasteiger partial charge in [0.15, 0.2) is 0 Å². The molecule has 1 aliphatic rings. The quantitative estimate of drug-likeness (QED) is 0.443. The number of hydrogen-bond acceptors (Lipinski definition) is 6. The van der Waals surface area contributed by atoms with E-state index in [4.69, 9.17) is 23.1 Å². The zero-order chi connectivity index (χ0) is 13.6. The maximum atomic E-state index is 11.9. The Morgan fingerprint density at radius 2 is 1.72 bits per heavy atom. The molecule has 4 N–H and O–H groups in total. The molecule has 0 aliphatic heterocycles. The first kappa shape index (κ1) is 12.1. The number of fused-ring (bicyclic) bond motifs is 1. The summed E-state index contributed by atoms with van der Waals surface area (Å²) in [6.07, 6.45) is 0. The molecule has 0 radical (unpaired) electrons. The number of nitro groups is 1. The molecular formula is C10H6ClN3O4.